The van der Waals surface area contributed by atoms with E-state index in [9.17, 15) is 4.79 Å². The number of amides is 1. The van der Waals surface area contributed by atoms with E-state index < -0.39 is 0 Å². The molecule has 1 N–H and O–H groups in total. The molecule has 2 atom stereocenters. The lowest BCUT2D eigenvalue weighted by Gasteiger charge is -2.19. The van der Waals surface area contributed by atoms with E-state index in [1.807, 2.05) is 24.3 Å². The van der Waals surface area contributed by atoms with Crippen molar-refractivity contribution in [3.63, 3.8) is 0 Å². The molecule has 0 radical (unpaired) electrons. The summed E-state index contributed by atoms with van der Waals surface area (Å²) in [5.41, 5.74) is 2.65. The summed E-state index contributed by atoms with van der Waals surface area (Å²) in [5.74, 6) is 1.86. The maximum Gasteiger partial charge on any atom is 0.251 e. The summed E-state index contributed by atoms with van der Waals surface area (Å²) in [7, 11) is 0. The van der Waals surface area contributed by atoms with Crippen LogP contribution in [0.1, 0.15) is 40.6 Å². The lowest BCUT2D eigenvalue weighted by molar-refractivity contribution is 0.0925. The quantitative estimate of drug-likeness (QED) is 0.696. The van der Waals surface area contributed by atoms with Crippen LogP contribution in [0.15, 0.2) is 53.3 Å². The first-order valence-electron chi connectivity index (χ1n) is 9.98. The number of ether oxygens (including phenoxy) is 1. The summed E-state index contributed by atoms with van der Waals surface area (Å²) in [6.07, 6.45) is 6.67. The molecule has 29 heavy (non-hydrogen) atoms. The zero-order valence-corrected chi connectivity index (χ0v) is 16.0. The Bertz CT molecular complexity index is 983. The number of benzene rings is 1. The summed E-state index contributed by atoms with van der Waals surface area (Å²) in [4.78, 5) is 21.2. The first kappa shape index (κ1) is 18.0. The van der Waals surface area contributed by atoms with Crippen LogP contribution in [0.3, 0.4) is 0 Å². The fraction of sp³-hybridized carbons (Fsp3) is 0.364. The topological polar surface area (TPSA) is 90.1 Å². The van der Waals surface area contributed by atoms with Gasteiger partial charge in [0.15, 0.2) is 0 Å². The van der Waals surface area contributed by atoms with Gasteiger partial charge in [0.05, 0.1) is 19.3 Å². The van der Waals surface area contributed by atoms with Crippen molar-refractivity contribution < 1.29 is 14.1 Å². The van der Waals surface area contributed by atoms with E-state index in [2.05, 4.69) is 20.4 Å². The number of pyridine rings is 1. The van der Waals surface area contributed by atoms with Crippen molar-refractivity contribution in [2.45, 2.75) is 31.2 Å². The number of nitrogens with zero attached hydrogens (tertiary/aromatic N) is 3. The molecule has 1 aromatic carbocycles. The molecule has 2 aliphatic rings. The van der Waals surface area contributed by atoms with Crippen molar-refractivity contribution in [3.05, 3.63) is 65.8 Å². The average Bonchev–Trinajstić information content (AvgIpc) is 3.33. The molecule has 3 heterocycles. The first-order chi connectivity index (χ1) is 14.3. The molecule has 1 saturated carbocycles. The molecule has 0 bridgehead atoms. The molecule has 5 rings (SSSR count). The maximum absolute atomic E-state index is 12.7. The van der Waals surface area contributed by atoms with Crippen LogP contribution in [0.2, 0.25) is 0 Å². The van der Waals surface area contributed by atoms with Gasteiger partial charge in [0.25, 0.3) is 5.91 Å². The van der Waals surface area contributed by atoms with Crippen molar-refractivity contribution in [2.24, 2.45) is 5.92 Å². The Hall–Kier alpha value is -3.06. The third kappa shape index (κ3) is 4.05. The van der Waals surface area contributed by atoms with Crippen LogP contribution >= 0.6 is 0 Å². The summed E-state index contributed by atoms with van der Waals surface area (Å²) < 4.78 is 10.9. The number of hydrogen-bond acceptors (Lipinski definition) is 6. The molecule has 0 unspecified atom stereocenters. The lowest BCUT2D eigenvalue weighted by Crippen LogP contribution is -2.40. The molecule has 1 aliphatic heterocycles. The molecule has 1 saturated heterocycles. The van der Waals surface area contributed by atoms with Gasteiger partial charge < -0.3 is 14.6 Å². The van der Waals surface area contributed by atoms with E-state index in [1.165, 1.54) is 5.56 Å². The first-order valence-corrected chi connectivity index (χ1v) is 9.98. The molecule has 7 nitrogen and oxygen atoms in total. The normalized spacial score (nSPS) is 21.2. The monoisotopic (exact) mass is 390 g/mol. The van der Waals surface area contributed by atoms with Crippen LogP contribution in [0.5, 0.6) is 0 Å². The third-order valence-electron chi connectivity index (χ3n) is 5.54. The van der Waals surface area contributed by atoms with Crippen molar-refractivity contribution in [2.75, 3.05) is 13.2 Å². The van der Waals surface area contributed by atoms with Gasteiger partial charge in [-0.1, -0.05) is 17.3 Å². The maximum atomic E-state index is 12.7. The zero-order valence-electron chi connectivity index (χ0n) is 16.0. The molecule has 0 spiro atoms. The number of aromatic nitrogens is 3. The van der Waals surface area contributed by atoms with Crippen molar-refractivity contribution in [3.8, 4) is 11.4 Å². The molecule has 1 aliphatic carbocycles. The Labute approximate surface area is 168 Å². The minimum atomic E-state index is -0.0986. The van der Waals surface area contributed by atoms with Gasteiger partial charge in [0.2, 0.25) is 11.7 Å². The molecule has 148 valence electrons. The van der Waals surface area contributed by atoms with E-state index in [0.29, 0.717) is 36.4 Å². The standard InChI is InChI=1S/C22H22N4O3/c27-21(24-19-13-28-12-18(19)11-14-7-9-23-10-8-14)16-3-1-15(2-4-16)20-25-22(29-26-20)17-5-6-17/h1-4,7-10,17-19H,5-6,11-13H2,(H,24,27)/t18-,19+/m1/s1. The van der Waals surface area contributed by atoms with Crippen molar-refractivity contribution in [1.29, 1.82) is 0 Å². The van der Waals surface area contributed by atoms with E-state index in [4.69, 9.17) is 9.26 Å². The second kappa shape index (κ2) is 7.75. The number of carbonyl (C=O) groups excluding carboxylic acids is 1. The highest BCUT2D eigenvalue weighted by Gasteiger charge is 2.31. The van der Waals surface area contributed by atoms with Crippen LogP contribution in [-0.2, 0) is 11.2 Å². The van der Waals surface area contributed by atoms with Gasteiger partial charge in [-0.15, -0.1) is 0 Å². The van der Waals surface area contributed by atoms with Crippen LogP contribution in [0, 0.1) is 5.92 Å². The number of carbonyl (C=O) groups is 1. The van der Waals surface area contributed by atoms with Crippen molar-refractivity contribution in [1.82, 2.24) is 20.4 Å². The smallest absolute Gasteiger partial charge is 0.251 e. The number of hydrogen-bond donors (Lipinski definition) is 1. The Balaban J connectivity index is 1.23. The minimum absolute atomic E-state index is 0.00588. The SMILES string of the molecule is O=C(N[C@H]1COC[C@H]1Cc1ccncc1)c1ccc(-c2noc(C3CC3)n2)cc1. The fourth-order valence-corrected chi connectivity index (χ4v) is 3.65. The Morgan fingerprint density at radius 1 is 1.07 bits per heavy atom. The zero-order chi connectivity index (χ0) is 19.6. The summed E-state index contributed by atoms with van der Waals surface area (Å²) in [6.45, 7) is 1.18. The second-order valence-electron chi connectivity index (χ2n) is 7.74. The molecular weight excluding hydrogens is 368 g/mol. The Morgan fingerprint density at radius 2 is 1.86 bits per heavy atom. The molecule has 2 aromatic heterocycles. The van der Waals surface area contributed by atoms with Gasteiger partial charge in [-0.2, -0.15) is 4.98 Å². The van der Waals surface area contributed by atoms with E-state index in [0.717, 1.165) is 24.8 Å². The van der Waals surface area contributed by atoms with Gasteiger partial charge in [-0.05, 0) is 49.1 Å². The predicted molar refractivity (Wildman–Crippen MR) is 105 cm³/mol. The van der Waals surface area contributed by atoms with Gasteiger partial charge in [0.1, 0.15) is 0 Å². The largest absolute Gasteiger partial charge is 0.379 e. The minimum Gasteiger partial charge on any atom is -0.379 e. The fourth-order valence-electron chi connectivity index (χ4n) is 3.65. The van der Waals surface area contributed by atoms with Crippen LogP contribution in [0.4, 0.5) is 0 Å². The van der Waals surface area contributed by atoms with E-state index in [-0.39, 0.29) is 17.9 Å². The molecular formula is C22H22N4O3. The van der Waals surface area contributed by atoms with Crippen LogP contribution in [-0.4, -0.2) is 40.3 Å². The number of nitrogens with one attached hydrogen (secondary N) is 1. The summed E-state index contributed by atoms with van der Waals surface area (Å²) in [6, 6.07) is 11.3. The van der Waals surface area contributed by atoms with Gasteiger partial charge in [0, 0.05) is 35.4 Å². The van der Waals surface area contributed by atoms with Gasteiger partial charge in [-0.25, -0.2) is 0 Å². The Kier molecular flexibility index (Phi) is 4.81. The summed E-state index contributed by atoms with van der Waals surface area (Å²) in [5, 5.41) is 7.17. The van der Waals surface area contributed by atoms with Crippen LogP contribution < -0.4 is 5.32 Å². The van der Waals surface area contributed by atoms with Gasteiger partial charge in [-0.3, -0.25) is 9.78 Å². The lowest BCUT2D eigenvalue weighted by atomic mass is 9.95. The highest BCUT2D eigenvalue weighted by Crippen LogP contribution is 2.39. The molecule has 3 aromatic rings. The highest BCUT2D eigenvalue weighted by molar-refractivity contribution is 5.94. The number of rotatable bonds is 6. The Morgan fingerprint density at radius 3 is 2.62 bits per heavy atom. The van der Waals surface area contributed by atoms with Crippen LogP contribution in [0.25, 0.3) is 11.4 Å². The molecule has 1 amide bonds. The third-order valence-corrected chi connectivity index (χ3v) is 5.54. The second-order valence-corrected chi connectivity index (χ2v) is 7.74. The van der Waals surface area contributed by atoms with Gasteiger partial charge >= 0.3 is 0 Å². The van der Waals surface area contributed by atoms with Crippen molar-refractivity contribution >= 4 is 5.91 Å². The van der Waals surface area contributed by atoms with E-state index >= 15 is 0 Å². The molecule has 2 fully saturated rings. The predicted octanol–water partition coefficient (Wildman–Crippen LogP) is 3.00. The van der Waals surface area contributed by atoms with E-state index in [1.54, 1.807) is 24.5 Å². The average molecular weight is 390 g/mol. The molecule has 7 heteroatoms. The summed E-state index contributed by atoms with van der Waals surface area (Å²) >= 11 is 0. The highest BCUT2D eigenvalue weighted by atomic mass is 16.5.